The molecule has 0 bridgehead atoms. The first kappa shape index (κ1) is 41.9. The molecule has 56 heavy (non-hydrogen) atoms. The van der Waals surface area contributed by atoms with E-state index < -0.39 is 0 Å². The maximum atomic E-state index is 12.7. The van der Waals surface area contributed by atoms with E-state index in [1.54, 1.807) is 11.0 Å². The Bertz CT molecular complexity index is 1870. The largest absolute Gasteiger partial charge is 0.343 e. The van der Waals surface area contributed by atoms with Crippen molar-refractivity contribution in [2.24, 2.45) is 17.6 Å². The third-order valence-corrected chi connectivity index (χ3v) is 11.0. The molecular formula is C44H56N6O6. The number of carbonyl (C=O) groups is 4. The van der Waals surface area contributed by atoms with Gasteiger partial charge < -0.3 is 20.9 Å². The van der Waals surface area contributed by atoms with E-state index in [1.807, 2.05) is 70.5 Å². The Morgan fingerprint density at radius 2 is 1.20 bits per heavy atom. The third-order valence-electron chi connectivity index (χ3n) is 11.0. The minimum Gasteiger partial charge on any atom is -0.343 e. The van der Waals surface area contributed by atoms with E-state index in [2.05, 4.69) is 41.7 Å². The van der Waals surface area contributed by atoms with Crippen molar-refractivity contribution in [3.63, 3.8) is 0 Å². The number of nitrogens with zero attached hydrogens (tertiary/aromatic N) is 2. The van der Waals surface area contributed by atoms with Crippen molar-refractivity contribution in [2.45, 2.75) is 76.7 Å². The standard InChI is InChI=1S/C22H29N3O3.C22H27N3O3/c23-20(19-9-8-17-5-1-2-6-18(17)14-19)15-22(27)25-12-10-16(11-13-25)4-3-7-21(26)24-28;26-21(24-28)11-4-6-17-12-14-25(15-13-17)22(27)23-20-10-5-9-19(16-20)18-7-2-1-3-8-18/h1-2,5-6,8-9,14,16,20,28H,3-4,7,10-13,15,23H2,(H,24,26);1-3,5,7-10,16-17,28H,4,6,11-15H2,(H,23,27)(H,24,26)/t20-;/m0./s1. The zero-order valence-electron chi connectivity index (χ0n) is 32.1. The van der Waals surface area contributed by atoms with Crippen molar-refractivity contribution in [1.82, 2.24) is 20.8 Å². The van der Waals surface area contributed by atoms with Crippen LogP contribution in [0, 0.1) is 11.8 Å². The highest BCUT2D eigenvalue weighted by molar-refractivity contribution is 5.90. The van der Waals surface area contributed by atoms with Crippen LogP contribution in [0.2, 0.25) is 0 Å². The Morgan fingerprint density at radius 1 is 0.643 bits per heavy atom. The molecule has 298 valence electrons. The van der Waals surface area contributed by atoms with Crippen molar-refractivity contribution in [3.8, 4) is 11.1 Å². The molecule has 2 aliphatic heterocycles. The smallest absolute Gasteiger partial charge is 0.321 e. The molecule has 4 aromatic carbocycles. The summed E-state index contributed by atoms with van der Waals surface area (Å²) >= 11 is 0. The zero-order valence-corrected chi connectivity index (χ0v) is 32.1. The number of urea groups is 1. The van der Waals surface area contributed by atoms with Crippen LogP contribution in [0.5, 0.6) is 0 Å². The van der Waals surface area contributed by atoms with Gasteiger partial charge >= 0.3 is 6.03 Å². The number of hydrogen-bond donors (Lipinski definition) is 6. The molecule has 7 N–H and O–H groups in total. The quantitative estimate of drug-likeness (QED) is 0.0606. The predicted molar refractivity (Wildman–Crippen MR) is 218 cm³/mol. The summed E-state index contributed by atoms with van der Waals surface area (Å²) in [4.78, 5) is 51.1. The fourth-order valence-electron chi connectivity index (χ4n) is 7.59. The number of piperidine rings is 2. The number of hydrogen-bond acceptors (Lipinski definition) is 7. The van der Waals surface area contributed by atoms with Crippen LogP contribution in [0.3, 0.4) is 0 Å². The lowest BCUT2D eigenvalue weighted by atomic mass is 9.91. The zero-order chi connectivity index (χ0) is 39.7. The van der Waals surface area contributed by atoms with E-state index in [0.717, 1.165) is 105 Å². The van der Waals surface area contributed by atoms with Crippen LogP contribution in [0.25, 0.3) is 21.9 Å². The average Bonchev–Trinajstić information content (AvgIpc) is 3.24. The lowest BCUT2D eigenvalue weighted by Gasteiger charge is -2.32. The predicted octanol–water partition coefficient (Wildman–Crippen LogP) is 7.42. The maximum Gasteiger partial charge on any atom is 0.321 e. The summed E-state index contributed by atoms with van der Waals surface area (Å²) in [6, 6.07) is 31.9. The number of fused-ring (bicyclic) bond motifs is 1. The van der Waals surface area contributed by atoms with Crippen molar-refractivity contribution in [1.29, 1.82) is 0 Å². The van der Waals surface area contributed by atoms with Crippen molar-refractivity contribution < 1.29 is 29.6 Å². The summed E-state index contributed by atoms with van der Waals surface area (Å²) in [7, 11) is 0. The minimum absolute atomic E-state index is 0.0664. The number of benzene rings is 4. The van der Waals surface area contributed by atoms with Gasteiger partial charge in [-0.3, -0.25) is 24.8 Å². The number of rotatable bonds is 13. The molecule has 0 aliphatic carbocycles. The number of nitrogens with one attached hydrogen (secondary N) is 3. The topological polar surface area (TPSA) is 177 Å². The van der Waals surface area contributed by atoms with E-state index in [4.69, 9.17) is 16.1 Å². The summed E-state index contributed by atoms with van der Waals surface area (Å²) in [5, 5.41) is 22.4. The SMILES string of the molecule is N[C@@H](CC(=O)N1CCC(CCCC(=O)NO)CC1)c1ccc2ccccc2c1.O=C(CCCC1CCN(C(=O)Nc2cccc(-c3ccccc3)c2)CC1)NO. The Balaban J connectivity index is 0.000000214. The molecule has 12 heteroatoms. The number of carbonyl (C=O) groups excluding carboxylic acids is 4. The monoisotopic (exact) mass is 764 g/mol. The Kier molecular flexibility index (Phi) is 16.2. The highest BCUT2D eigenvalue weighted by Gasteiger charge is 2.25. The van der Waals surface area contributed by atoms with Crippen LogP contribution in [0.1, 0.15) is 82.2 Å². The molecule has 2 heterocycles. The third kappa shape index (κ3) is 12.9. The summed E-state index contributed by atoms with van der Waals surface area (Å²) in [6.07, 6.45) is 8.22. The fourth-order valence-corrected chi connectivity index (χ4v) is 7.59. The second kappa shape index (κ2) is 21.7. The first-order valence-corrected chi connectivity index (χ1v) is 19.8. The molecular weight excluding hydrogens is 709 g/mol. The molecule has 4 aromatic rings. The molecule has 0 spiro atoms. The van der Waals surface area contributed by atoms with Crippen LogP contribution in [0.4, 0.5) is 10.5 Å². The van der Waals surface area contributed by atoms with E-state index >= 15 is 0 Å². The molecule has 0 radical (unpaired) electrons. The Hall–Kier alpha value is -5.30. The highest BCUT2D eigenvalue weighted by Crippen LogP contribution is 2.27. The number of hydroxylamine groups is 2. The van der Waals surface area contributed by atoms with Crippen molar-refractivity contribution in [3.05, 3.63) is 103 Å². The average molecular weight is 765 g/mol. The van der Waals surface area contributed by atoms with E-state index in [-0.39, 0.29) is 29.8 Å². The molecule has 12 nitrogen and oxygen atoms in total. The number of amides is 5. The van der Waals surface area contributed by atoms with Gasteiger partial charge in [0.15, 0.2) is 0 Å². The number of nitrogens with two attached hydrogens (primary N) is 1. The normalized spacial score (nSPS) is 15.3. The van der Waals surface area contributed by atoms with Gasteiger partial charge in [0, 0.05) is 57.2 Å². The van der Waals surface area contributed by atoms with Gasteiger partial charge in [0.05, 0.1) is 0 Å². The maximum absolute atomic E-state index is 12.7. The summed E-state index contributed by atoms with van der Waals surface area (Å²) in [5.41, 5.74) is 13.6. The number of anilines is 1. The lowest BCUT2D eigenvalue weighted by molar-refractivity contribution is -0.133. The highest BCUT2D eigenvalue weighted by atomic mass is 16.5. The molecule has 2 saturated heterocycles. The molecule has 6 rings (SSSR count). The molecule has 5 amide bonds. The number of likely N-dealkylation sites (tertiary alicyclic amines) is 2. The first-order valence-electron chi connectivity index (χ1n) is 19.8. The van der Waals surface area contributed by atoms with Gasteiger partial charge in [0.25, 0.3) is 0 Å². The van der Waals surface area contributed by atoms with Crippen molar-refractivity contribution in [2.75, 3.05) is 31.5 Å². The fraction of sp³-hybridized carbons (Fsp3) is 0.409. The van der Waals surface area contributed by atoms with Gasteiger partial charge in [-0.05, 0) is 109 Å². The van der Waals surface area contributed by atoms with Crippen LogP contribution >= 0.6 is 0 Å². The second-order valence-corrected chi connectivity index (χ2v) is 14.9. The molecule has 0 saturated carbocycles. The molecule has 2 aliphatic rings. The Morgan fingerprint density at radius 3 is 1.80 bits per heavy atom. The summed E-state index contributed by atoms with van der Waals surface area (Å²) < 4.78 is 0. The van der Waals surface area contributed by atoms with Crippen molar-refractivity contribution >= 4 is 40.2 Å². The van der Waals surface area contributed by atoms with Gasteiger partial charge in [-0.25, -0.2) is 15.8 Å². The lowest BCUT2D eigenvalue weighted by Crippen LogP contribution is -2.41. The summed E-state index contributed by atoms with van der Waals surface area (Å²) in [5.74, 6) is 0.491. The van der Waals surface area contributed by atoms with E-state index in [0.29, 0.717) is 31.1 Å². The van der Waals surface area contributed by atoms with Crippen LogP contribution in [-0.4, -0.2) is 70.1 Å². The van der Waals surface area contributed by atoms with E-state index in [9.17, 15) is 19.2 Å². The molecule has 0 unspecified atom stereocenters. The van der Waals surface area contributed by atoms with Gasteiger partial charge in [-0.1, -0.05) is 78.9 Å². The van der Waals surface area contributed by atoms with Crippen LogP contribution in [0.15, 0.2) is 97.1 Å². The molecule has 2 fully saturated rings. The van der Waals surface area contributed by atoms with Gasteiger partial charge in [-0.2, -0.15) is 0 Å². The first-order chi connectivity index (χ1) is 27.2. The minimum atomic E-state index is -0.338. The Labute approximate surface area is 329 Å². The van der Waals surface area contributed by atoms with Gasteiger partial charge in [0.2, 0.25) is 17.7 Å². The molecule has 0 aromatic heterocycles. The van der Waals surface area contributed by atoms with Gasteiger partial charge in [0.1, 0.15) is 0 Å². The second-order valence-electron chi connectivity index (χ2n) is 14.9. The van der Waals surface area contributed by atoms with Crippen LogP contribution in [-0.2, 0) is 14.4 Å². The summed E-state index contributed by atoms with van der Waals surface area (Å²) in [6.45, 7) is 2.95. The van der Waals surface area contributed by atoms with Gasteiger partial charge in [-0.15, -0.1) is 0 Å². The van der Waals surface area contributed by atoms with E-state index in [1.165, 1.54) is 5.39 Å². The van der Waals surface area contributed by atoms with Crippen LogP contribution < -0.4 is 22.0 Å². The molecule has 1 atom stereocenters.